The van der Waals surface area contributed by atoms with Crippen LogP contribution in [0.1, 0.15) is 78.1 Å². The van der Waals surface area contributed by atoms with Crippen molar-refractivity contribution in [1.29, 1.82) is 0 Å². The lowest BCUT2D eigenvalue weighted by molar-refractivity contribution is -0.0765. The minimum Gasteiger partial charge on any atom is -0.374 e. The molecular weight excluding hydrogens is 234 g/mol. The van der Waals surface area contributed by atoms with Crippen LogP contribution in [0.4, 0.5) is 0 Å². The summed E-state index contributed by atoms with van der Waals surface area (Å²) in [6.45, 7) is 6.36. The molecule has 0 aromatic carbocycles. The molecule has 0 radical (unpaired) electrons. The Morgan fingerprint density at radius 1 is 1.00 bits per heavy atom. The Labute approximate surface area is 119 Å². The normalized spacial score (nSPS) is 26.2. The van der Waals surface area contributed by atoms with Gasteiger partial charge in [0, 0.05) is 12.6 Å². The zero-order valence-electron chi connectivity index (χ0n) is 13.0. The lowest BCUT2D eigenvalue weighted by atomic mass is 9.79. The van der Waals surface area contributed by atoms with Gasteiger partial charge in [-0.1, -0.05) is 45.4 Å². The second kappa shape index (κ2) is 7.64. The molecule has 0 heterocycles. The fourth-order valence-corrected chi connectivity index (χ4v) is 4.45. The van der Waals surface area contributed by atoms with E-state index < -0.39 is 0 Å². The number of nitrogens with one attached hydrogen (secondary N) is 1. The van der Waals surface area contributed by atoms with E-state index in [1.54, 1.807) is 0 Å². The Hall–Kier alpha value is -0.0800. The number of likely N-dealkylation sites (N-methyl/N-ethyl adjacent to an activating group) is 1. The first-order chi connectivity index (χ1) is 9.32. The summed E-state index contributed by atoms with van der Waals surface area (Å²) in [5.74, 6) is 0.840. The van der Waals surface area contributed by atoms with Gasteiger partial charge >= 0.3 is 0 Å². The summed E-state index contributed by atoms with van der Waals surface area (Å²) in [4.78, 5) is 0. The SMILES string of the molecule is CCNC(C1CCCCCC1)C1(OCC)CCCC1. The van der Waals surface area contributed by atoms with Crippen LogP contribution < -0.4 is 5.32 Å². The topological polar surface area (TPSA) is 21.3 Å². The molecule has 2 rings (SSSR count). The van der Waals surface area contributed by atoms with E-state index in [9.17, 15) is 0 Å². The van der Waals surface area contributed by atoms with Crippen molar-refractivity contribution in [1.82, 2.24) is 5.32 Å². The van der Waals surface area contributed by atoms with Crippen LogP contribution in [0.25, 0.3) is 0 Å². The van der Waals surface area contributed by atoms with E-state index in [0.717, 1.165) is 19.1 Å². The lowest BCUT2D eigenvalue weighted by Gasteiger charge is -2.42. The molecule has 0 spiro atoms. The summed E-state index contributed by atoms with van der Waals surface area (Å²) < 4.78 is 6.34. The third kappa shape index (κ3) is 3.72. The van der Waals surface area contributed by atoms with E-state index in [2.05, 4.69) is 19.2 Å². The van der Waals surface area contributed by atoms with Crippen LogP contribution in [0, 0.1) is 5.92 Å². The van der Waals surface area contributed by atoms with E-state index in [1.165, 1.54) is 64.2 Å². The minimum absolute atomic E-state index is 0.153. The van der Waals surface area contributed by atoms with Gasteiger partial charge in [0.05, 0.1) is 5.60 Å². The molecule has 2 fully saturated rings. The summed E-state index contributed by atoms with van der Waals surface area (Å²) in [5, 5.41) is 3.82. The first kappa shape index (κ1) is 15.3. The van der Waals surface area contributed by atoms with Crippen LogP contribution in [0.5, 0.6) is 0 Å². The Morgan fingerprint density at radius 2 is 1.63 bits per heavy atom. The highest BCUT2D eigenvalue weighted by atomic mass is 16.5. The smallest absolute Gasteiger partial charge is 0.0837 e. The fourth-order valence-electron chi connectivity index (χ4n) is 4.45. The van der Waals surface area contributed by atoms with Gasteiger partial charge in [0.25, 0.3) is 0 Å². The van der Waals surface area contributed by atoms with Crippen molar-refractivity contribution in [2.75, 3.05) is 13.2 Å². The van der Waals surface area contributed by atoms with Gasteiger partial charge in [-0.25, -0.2) is 0 Å². The van der Waals surface area contributed by atoms with Crippen molar-refractivity contribution >= 4 is 0 Å². The van der Waals surface area contributed by atoms with Gasteiger partial charge in [0.15, 0.2) is 0 Å². The molecule has 2 nitrogen and oxygen atoms in total. The molecule has 112 valence electrons. The molecule has 2 aliphatic rings. The van der Waals surface area contributed by atoms with Crippen molar-refractivity contribution in [3.63, 3.8) is 0 Å². The van der Waals surface area contributed by atoms with Crippen molar-refractivity contribution in [2.24, 2.45) is 5.92 Å². The maximum Gasteiger partial charge on any atom is 0.0837 e. The molecule has 0 bridgehead atoms. The Bertz CT molecular complexity index is 240. The van der Waals surface area contributed by atoms with Gasteiger partial charge in [-0.2, -0.15) is 0 Å². The molecule has 1 N–H and O–H groups in total. The molecule has 0 amide bonds. The van der Waals surface area contributed by atoms with Crippen LogP contribution in [-0.4, -0.2) is 24.8 Å². The van der Waals surface area contributed by atoms with Crippen molar-refractivity contribution in [3.05, 3.63) is 0 Å². The van der Waals surface area contributed by atoms with Crippen LogP contribution in [-0.2, 0) is 4.74 Å². The lowest BCUT2D eigenvalue weighted by Crippen LogP contribution is -2.55. The molecule has 0 aromatic rings. The first-order valence-corrected chi connectivity index (χ1v) is 8.69. The average Bonchev–Trinajstić information content (AvgIpc) is 2.72. The van der Waals surface area contributed by atoms with Gasteiger partial charge in [0.2, 0.25) is 0 Å². The number of ether oxygens (including phenoxy) is 1. The molecule has 2 aliphatic carbocycles. The first-order valence-electron chi connectivity index (χ1n) is 8.69. The van der Waals surface area contributed by atoms with Gasteiger partial charge in [-0.15, -0.1) is 0 Å². The monoisotopic (exact) mass is 267 g/mol. The molecule has 1 atom stereocenters. The summed E-state index contributed by atoms with van der Waals surface area (Å²) >= 11 is 0. The molecule has 0 aliphatic heterocycles. The van der Waals surface area contributed by atoms with Gasteiger partial charge in [-0.05, 0) is 45.1 Å². The molecule has 0 saturated heterocycles. The number of hydrogen-bond acceptors (Lipinski definition) is 2. The van der Waals surface area contributed by atoms with Crippen molar-refractivity contribution in [2.45, 2.75) is 89.7 Å². The second-order valence-corrected chi connectivity index (χ2v) is 6.49. The minimum atomic E-state index is 0.153. The quantitative estimate of drug-likeness (QED) is 0.725. The van der Waals surface area contributed by atoms with Crippen LogP contribution in [0.2, 0.25) is 0 Å². The zero-order chi connectivity index (χ0) is 13.6. The molecular formula is C17H33NO. The molecule has 1 unspecified atom stereocenters. The standard InChI is InChI=1S/C17H33NO/c1-3-18-16(15-11-7-5-6-8-12-15)17(19-4-2)13-9-10-14-17/h15-16,18H,3-14H2,1-2H3. The third-order valence-corrected chi connectivity index (χ3v) is 5.24. The number of rotatable bonds is 6. The Morgan fingerprint density at radius 3 is 2.16 bits per heavy atom. The molecule has 2 saturated carbocycles. The van der Waals surface area contributed by atoms with Crippen LogP contribution in [0.3, 0.4) is 0 Å². The fraction of sp³-hybridized carbons (Fsp3) is 1.00. The van der Waals surface area contributed by atoms with E-state index in [0.29, 0.717) is 6.04 Å². The van der Waals surface area contributed by atoms with Crippen LogP contribution in [0.15, 0.2) is 0 Å². The highest BCUT2D eigenvalue weighted by Crippen LogP contribution is 2.41. The summed E-state index contributed by atoms with van der Waals surface area (Å²) in [5.41, 5.74) is 0.153. The van der Waals surface area contributed by atoms with Crippen molar-refractivity contribution < 1.29 is 4.74 Å². The van der Waals surface area contributed by atoms with E-state index >= 15 is 0 Å². The Balaban J connectivity index is 2.11. The third-order valence-electron chi connectivity index (χ3n) is 5.24. The molecule has 2 heteroatoms. The summed E-state index contributed by atoms with van der Waals surface area (Å²) in [6, 6.07) is 0.595. The highest BCUT2D eigenvalue weighted by Gasteiger charge is 2.45. The van der Waals surface area contributed by atoms with E-state index in [-0.39, 0.29) is 5.60 Å². The predicted octanol–water partition coefficient (Wildman–Crippen LogP) is 4.28. The second-order valence-electron chi connectivity index (χ2n) is 6.49. The van der Waals surface area contributed by atoms with E-state index in [1.807, 2.05) is 0 Å². The van der Waals surface area contributed by atoms with Crippen LogP contribution >= 0.6 is 0 Å². The maximum absolute atomic E-state index is 6.34. The average molecular weight is 267 g/mol. The predicted molar refractivity (Wildman–Crippen MR) is 81.5 cm³/mol. The Kier molecular flexibility index (Phi) is 6.15. The van der Waals surface area contributed by atoms with E-state index in [4.69, 9.17) is 4.74 Å². The molecule has 19 heavy (non-hydrogen) atoms. The summed E-state index contributed by atoms with van der Waals surface area (Å²) in [7, 11) is 0. The summed E-state index contributed by atoms with van der Waals surface area (Å²) in [6.07, 6.45) is 13.8. The highest BCUT2D eigenvalue weighted by molar-refractivity contribution is 5.00. The van der Waals surface area contributed by atoms with Gasteiger partial charge in [-0.3, -0.25) is 0 Å². The zero-order valence-corrected chi connectivity index (χ0v) is 13.0. The number of hydrogen-bond donors (Lipinski definition) is 1. The molecule has 0 aromatic heterocycles. The largest absolute Gasteiger partial charge is 0.374 e. The van der Waals surface area contributed by atoms with Gasteiger partial charge in [0.1, 0.15) is 0 Å². The van der Waals surface area contributed by atoms with Gasteiger partial charge < -0.3 is 10.1 Å². The maximum atomic E-state index is 6.34. The van der Waals surface area contributed by atoms with Crippen molar-refractivity contribution in [3.8, 4) is 0 Å².